The van der Waals surface area contributed by atoms with Crippen LogP contribution >= 0.6 is 0 Å². The number of aliphatic hydroxyl groups is 1. The summed E-state index contributed by atoms with van der Waals surface area (Å²) in [4.78, 5) is 48.4. The number of amides is 1. The summed E-state index contributed by atoms with van der Waals surface area (Å²) in [6.45, 7) is 2.41. The third-order valence-corrected chi connectivity index (χ3v) is 9.17. The van der Waals surface area contributed by atoms with Crippen molar-refractivity contribution in [3.63, 3.8) is 0 Å². The number of aryl methyl sites for hydroxylation is 2. The van der Waals surface area contributed by atoms with Crippen LogP contribution < -0.4 is 11.2 Å². The summed E-state index contributed by atoms with van der Waals surface area (Å²) in [5.41, 5.74) is -1.95. The molecule has 1 spiro atoms. The number of benzene rings is 1. The van der Waals surface area contributed by atoms with E-state index < -0.39 is 40.5 Å². The van der Waals surface area contributed by atoms with E-state index in [1.54, 1.807) is 34.6 Å². The van der Waals surface area contributed by atoms with Gasteiger partial charge in [-0.1, -0.05) is 12.1 Å². The molecule has 0 unspecified atom stereocenters. The summed E-state index contributed by atoms with van der Waals surface area (Å²) < 4.78 is 52.2. The molecule has 4 aromatic rings. The van der Waals surface area contributed by atoms with Crippen molar-refractivity contribution in [3.05, 3.63) is 57.3 Å². The normalized spacial score (nSPS) is 22.3. The Morgan fingerprint density at radius 1 is 1.14 bits per heavy atom. The number of hydrogen-bond donors (Lipinski definition) is 1. The number of hydrogen-bond acceptors (Lipinski definition) is 7. The molecule has 2 fully saturated rings. The van der Waals surface area contributed by atoms with Crippen LogP contribution in [0.1, 0.15) is 50.9 Å². The molecule has 2 aliphatic heterocycles. The molecule has 236 valence electrons. The second-order valence-corrected chi connectivity index (χ2v) is 12.1. The molecule has 15 heteroatoms. The predicted octanol–water partition coefficient (Wildman–Crippen LogP) is 2.36. The fourth-order valence-corrected chi connectivity index (χ4v) is 6.60. The fraction of sp³-hybridized carbons (Fsp3) is 0.552. The van der Waals surface area contributed by atoms with Crippen LogP contribution in [-0.4, -0.2) is 75.0 Å². The third-order valence-electron chi connectivity index (χ3n) is 9.17. The maximum atomic E-state index is 13.6. The lowest BCUT2D eigenvalue weighted by molar-refractivity contribution is -0.201. The Labute approximate surface area is 249 Å². The Balaban J connectivity index is 1.13. The van der Waals surface area contributed by atoms with E-state index in [1.165, 1.54) is 31.1 Å². The Morgan fingerprint density at radius 3 is 2.55 bits per heavy atom. The van der Waals surface area contributed by atoms with Gasteiger partial charge in [-0.3, -0.25) is 18.7 Å². The van der Waals surface area contributed by atoms with E-state index >= 15 is 0 Å². The van der Waals surface area contributed by atoms with Gasteiger partial charge in [-0.05, 0) is 38.3 Å². The van der Waals surface area contributed by atoms with Crippen LogP contribution in [-0.2, 0) is 36.3 Å². The minimum Gasteiger partial charge on any atom is -0.386 e. The molecule has 5 heterocycles. The van der Waals surface area contributed by atoms with Crippen LogP contribution in [0.15, 0.2) is 40.2 Å². The highest BCUT2D eigenvalue weighted by Crippen LogP contribution is 2.44. The van der Waals surface area contributed by atoms with Gasteiger partial charge in [0.25, 0.3) is 5.56 Å². The molecule has 12 nitrogen and oxygen atoms in total. The number of fused-ring (bicyclic) bond motifs is 2. The number of likely N-dealkylation sites (tertiary alicyclic amines) is 1. The second kappa shape index (κ2) is 10.6. The molecule has 2 atom stereocenters. The van der Waals surface area contributed by atoms with Gasteiger partial charge in [-0.15, -0.1) is 0 Å². The molecule has 6 rings (SSSR count). The second-order valence-electron chi connectivity index (χ2n) is 12.1. The lowest BCUT2D eigenvalue weighted by Crippen LogP contribution is -2.57. The Kier molecular flexibility index (Phi) is 7.23. The number of imidazole rings is 2. The average molecular weight is 618 g/mol. The van der Waals surface area contributed by atoms with Crippen LogP contribution in [0, 0.1) is 0 Å². The highest BCUT2D eigenvalue weighted by Gasteiger charge is 2.50. The van der Waals surface area contributed by atoms with E-state index in [2.05, 4.69) is 9.97 Å². The van der Waals surface area contributed by atoms with Crippen molar-refractivity contribution in [1.82, 2.24) is 33.1 Å². The van der Waals surface area contributed by atoms with Crippen molar-refractivity contribution < 1.29 is 27.8 Å². The molecule has 3 aromatic heterocycles. The maximum Gasteiger partial charge on any atom is 0.449 e. The number of alkyl halides is 3. The van der Waals surface area contributed by atoms with Gasteiger partial charge in [0.2, 0.25) is 11.7 Å². The number of ether oxygens (including phenoxy) is 1. The topological polar surface area (TPSA) is 129 Å². The zero-order valence-electron chi connectivity index (χ0n) is 24.7. The number of aromatic nitrogens is 6. The van der Waals surface area contributed by atoms with Gasteiger partial charge >= 0.3 is 11.9 Å². The lowest BCUT2D eigenvalue weighted by Gasteiger charge is -2.51. The summed E-state index contributed by atoms with van der Waals surface area (Å²) >= 11 is 0. The first kappa shape index (κ1) is 30.1. The standard InChI is InChI=1S/C29H34F3N7O5/c1-27(43)16-44-28(15-20(27)39-17-33-23-22(39)24(41)36(3)26(42)35(23)2)10-13-37(14-11-28)21(40)9-6-12-38-19-8-5-4-7-18(19)34-25(38)29(30,31)32/h4-5,7-8,17,20,43H,6,9-16H2,1-3H3/t20-,27-/m0/s1. The van der Waals surface area contributed by atoms with Gasteiger partial charge in [0.1, 0.15) is 5.60 Å². The van der Waals surface area contributed by atoms with E-state index in [4.69, 9.17) is 4.74 Å². The number of rotatable bonds is 5. The van der Waals surface area contributed by atoms with Crippen LogP contribution in [0.25, 0.3) is 22.2 Å². The largest absolute Gasteiger partial charge is 0.449 e. The van der Waals surface area contributed by atoms with Crippen LogP contribution in [0.3, 0.4) is 0 Å². The molecule has 0 saturated carbocycles. The van der Waals surface area contributed by atoms with E-state index in [1.807, 2.05) is 0 Å². The van der Waals surface area contributed by atoms with Crippen LogP contribution in [0.2, 0.25) is 0 Å². The minimum atomic E-state index is -4.61. The number of carbonyl (C=O) groups is 1. The summed E-state index contributed by atoms with van der Waals surface area (Å²) in [6, 6.07) is 5.83. The Hall–Kier alpha value is -3.98. The highest BCUT2D eigenvalue weighted by molar-refractivity contribution is 5.77. The predicted molar refractivity (Wildman–Crippen MR) is 153 cm³/mol. The van der Waals surface area contributed by atoms with Crippen molar-refractivity contribution in [3.8, 4) is 0 Å². The molecule has 2 aliphatic rings. The number of carbonyl (C=O) groups excluding carboxylic acids is 1. The van der Waals surface area contributed by atoms with Crippen LogP contribution in [0.4, 0.5) is 13.2 Å². The smallest absolute Gasteiger partial charge is 0.386 e. The molecule has 1 amide bonds. The quantitative estimate of drug-likeness (QED) is 0.364. The number of piperidine rings is 1. The Bertz CT molecular complexity index is 1860. The van der Waals surface area contributed by atoms with Crippen molar-refractivity contribution >= 4 is 28.1 Å². The van der Waals surface area contributed by atoms with Crippen LogP contribution in [0.5, 0.6) is 0 Å². The van der Waals surface area contributed by atoms with Gasteiger partial charge in [0, 0.05) is 46.6 Å². The van der Waals surface area contributed by atoms with Crippen molar-refractivity contribution in [2.75, 3.05) is 19.7 Å². The van der Waals surface area contributed by atoms with Crippen molar-refractivity contribution in [2.45, 2.75) is 69.0 Å². The van der Waals surface area contributed by atoms with E-state index in [0.29, 0.717) is 37.9 Å². The summed E-state index contributed by atoms with van der Waals surface area (Å²) in [5, 5.41) is 11.3. The van der Waals surface area contributed by atoms with Crippen molar-refractivity contribution in [2.24, 2.45) is 14.1 Å². The summed E-state index contributed by atoms with van der Waals surface area (Å²) in [5.74, 6) is -1.13. The van der Waals surface area contributed by atoms with Gasteiger partial charge in [-0.2, -0.15) is 13.2 Å². The van der Waals surface area contributed by atoms with Crippen molar-refractivity contribution in [1.29, 1.82) is 0 Å². The number of nitrogens with zero attached hydrogens (tertiary/aromatic N) is 7. The first-order valence-electron chi connectivity index (χ1n) is 14.5. The Morgan fingerprint density at radius 2 is 1.84 bits per heavy atom. The molecule has 0 aliphatic carbocycles. The molecule has 44 heavy (non-hydrogen) atoms. The highest BCUT2D eigenvalue weighted by atomic mass is 19.4. The van der Waals surface area contributed by atoms with E-state index in [9.17, 15) is 32.7 Å². The zero-order chi connectivity index (χ0) is 31.6. The SMILES string of the molecule is Cn1c(=O)c2c(ncn2[C@H]2CC3(CCN(C(=O)CCCn4c(C(F)(F)F)nc5ccccc54)CC3)OC[C@]2(C)O)n(C)c1=O. The van der Waals surface area contributed by atoms with Gasteiger partial charge < -0.3 is 23.9 Å². The first-order valence-corrected chi connectivity index (χ1v) is 14.5. The van der Waals surface area contributed by atoms with Gasteiger partial charge in [0.05, 0.1) is 35.6 Å². The fourth-order valence-electron chi connectivity index (χ4n) is 6.60. The van der Waals surface area contributed by atoms with E-state index in [-0.39, 0.29) is 48.6 Å². The maximum absolute atomic E-state index is 13.6. The molecule has 1 N–H and O–H groups in total. The zero-order valence-corrected chi connectivity index (χ0v) is 24.7. The molecule has 0 bridgehead atoms. The average Bonchev–Trinajstić information content (AvgIpc) is 3.59. The number of para-hydroxylation sites is 2. The lowest BCUT2D eigenvalue weighted by atomic mass is 9.77. The number of halogens is 3. The molecular weight excluding hydrogens is 583 g/mol. The molecule has 2 saturated heterocycles. The molecular formula is C29H34F3N7O5. The first-order chi connectivity index (χ1) is 20.7. The van der Waals surface area contributed by atoms with Gasteiger partial charge in [0.15, 0.2) is 11.2 Å². The summed E-state index contributed by atoms with van der Waals surface area (Å²) in [7, 11) is 2.93. The molecule has 1 aromatic carbocycles. The van der Waals surface area contributed by atoms with Gasteiger partial charge in [-0.25, -0.2) is 14.8 Å². The van der Waals surface area contributed by atoms with E-state index in [0.717, 1.165) is 9.13 Å². The minimum absolute atomic E-state index is 0.00222. The monoisotopic (exact) mass is 617 g/mol. The molecule has 0 radical (unpaired) electrons. The third kappa shape index (κ3) is 5.01. The summed E-state index contributed by atoms with van der Waals surface area (Å²) in [6.07, 6.45) is -1.52.